The Morgan fingerprint density at radius 3 is 2.79 bits per heavy atom. The standard InChI is InChI=1S/C16H19N5O2S/c1-11-12(6-14(7-17)20(11)2)9-21-5-4-15-13(10-21)8-18-16(19-15)24(3,22)23/h6,8H,4-5,9-10H2,1-3H3. The zero-order chi connectivity index (χ0) is 17.5. The summed E-state index contributed by atoms with van der Waals surface area (Å²) >= 11 is 0. The van der Waals surface area contributed by atoms with Crippen LogP contribution in [0.4, 0.5) is 0 Å². The minimum absolute atomic E-state index is 0.104. The third kappa shape index (κ3) is 3.05. The average molecular weight is 345 g/mol. The maximum atomic E-state index is 11.6. The van der Waals surface area contributed by atoms with Crippen molar-refractivity contribution in [3.05, 3.63) is 40.5 Å². The molecule has 24 heavy (non-hydrogen) atoms. The van der Waals surface area contributed by atoms with E-state index in [-0.39, 0.29) is 5.16 Å². The molecule has 1 aliphatic rings. The molecule has 0 amide bonds. The summed E-state index contributed by atoms with van der Waals surface area (Å²) in [6.45, 7) is 4.23. The molecule has 0 aliphatic carbocycles. The summed E-state index contributed by atoms with van der Waals surface area (Å²) < 4.78 is 25.0. The Labute approximate surface area is 141 Å². The van der Waals surface area contributed by atoms with Gasteiger partial charge in [0.05, 0.1) is 5.69 Å². The fraction of sp³-hybridized carbons (Fsp3) is 0.438. The maximum Gasteiger partial charge on any atom is 0.246 e. The first kappa shape index (κ1) is 16.6. The van der Waals surface area contributed by atoms with Crippen LogP contribution in [0.3, 0.4) is 0 Å². The molecule has 0 spiro atoms. The molecule has 0 atom stereocenters. The molecule has 2 aromatic rings. The van der Waals surface area contributed by atoms with Gasteiger partial charge in [0.15, 0.2) is 0 Å². The van der Waals surface area contributed by atoms with Gasteiger partial charge in [-0.1, -0.05) is 0 Å². The van der Waals surface area contributed by atoms with E-state index >= 15 is 0 Å². The molecule has 0 fully saturated rings. The van der Waals surface area contributed by atoms with Crippen molar-refractivity contribution in [2.24, 2.45) is 7.05 Å². The van der Waals surface area contributed by atoms with E-state index in [0.29, 0.717) is 18.7 Å². The molecule has 0 unspecified atom stereocenters. The molecule has 1 aliphatic heterocycles. The molecular formula is C16H19N5O2S. The first-order valence-corrected chi connectivity index (χ1v) is 9.51. The van der Waals surface area contributed by atoms with Crippen LogP contribution in [0.1, 0.15) is 28.2 Å². The fourth-order valence-electron chi connectivity index (χ4n) is 2.94. The molecule has 7 nitrogen and oxygen atoms in total. The van der Waals surface area contributed by atoms with Gasteiger partial charge in [0.25, 0.3) is 0 Å². The van der Waals surface area contributed by atoms with Gasteiger partial charge in [0.1, 0.15) is 11.8 Å². The predicted molar refractivity (Wildman–Crippen MR) is 87.8 cm³/mol. The highest BCUT2D eigenvalue weighted by Gasteiger charge is 2.22. The second kappa shape index (κ2) is 6.00. The van der Waals surface area contributed by atoms with E-state index < -0.39 is 9.84 Å². The number of hydrogen-bond acceptors (Lipinski definition) is 6. The highest BCUT2D eigenvalue weighted by Crippen LogP contribution is 2.22. The lowest BCUT2D eigenvalue weighted by Crippen LogP contribution is -2.31. The SMILES string of the molecule is Cc1c(CN2CCc3nc(S(C)(=O)=O)ncc3C2)cc(C#N)n1C. The van der Waals surface area contributed by atoms with Crippen LogP contribution in [0, 0.1) is 18.3 Å². The number of fused-ring (bicyclic) bond motifs is 1. The summed E-state index contributed by atoms with van der Waals surface area (Å²) in [5.41, 5.74) is 4.64. The lowest BCUT2D eigenvalue weighted by Gasteiger charge is -2.27. The van der Waals surface area contributed by atoms with E-state index in [1.807, 2.05) is 24.6 Å². The summed E-state index contributed by atoms with van der Waals surface area (Å²) in [4.78, 5) is 10.4. The summed E-state index contributed by atoms with van der Waals surface area (Å²) in [6.07, 6.45) is 3.43. The number of rotatable bonds is 3. The minimum Gasteiger partial charge on any atom is -0.340 e. The molecule has 0 N–H and O–H groups in total. The van der Waals surface area contributed by atoms with Gasteiger partial charge in [-0.3, -0.25) is 4.90 Å². The van der Waals surface area contributed by atoms with Gasteiger partial charge in [-0.2, -0.15) is 5.26 Å². The number of sulfone groups is 1. The summed E-state index contributed by atoms with van der Waals surface area (Å²) in [7, 11) is -1.49. The Hall–Kier alpha value is -2.24. The number of hydrogen-bond donors (Lipinski definition) is 0. The molecule has 3 heterocycles. The van der Waals surface area contributed by atoms with Gasteiger partial charge in [0.2, 0.25) is 15.0 Å². The second-order valence-corrected chi connectivity index (χ2v) is 8.08. The molecule has 0 saturated heterocycles. The molecule has 0 bridgehead atoms. The Bertz CT molecular complexity index is 940. The van der Waals surface area contributed by atoms with Crippen LogP contribution in [0.2, 0.25) is 0 Å². The van der Waals surface area contributed by atoms with Crippen molar-refractivity contribution in [1.82, 2.24) is 19.4 Å². The van der Waals surface area contributed by atoms with Crippen molar-refractivity contribution in [1.29, 1.82) is 5.26 Å². The first-order valence-electron chi connectivity index (χ1n) is 7.62. The van der Waals surface area contributed by atoms with Crippen molar-refractivity contribution in [3.63, 3.8) is 0 Å². The molecular weight excluding hydrogens is 326 g/mol. The summed E-state index contributed by atoms with van der Waals surface area (Å²) in [5, 5.41) is 9.03. The van der Waals surface area contributed by atoms with Gasteiger partial charge in [-0.15, -0.1) is 0 Å². The Morgan fingerprint density at radius 1 is 1.42 bits per heavy atom. The predicted octanol–water partition coefficient (Wildman–Crippen LogP) is 0.957. The molecule has 0 radical (unpaired) electrons. The fourth-order valence-corrected chi connectivity index (χ4v) is 3.46. The van der Waals surface area contributed by atoms with Gasteiger partial charge in [-0.25, -0.2) is 18.4 Å². The third-order valence-corrected chi connectivity index (χ3v) is 5.33. The molecule has 8 heteroatoms. The zero-order valence-corrected chi connectivity index (χ0v) is 14.8. The minimum atomic E-state index is -3.38. The van der Waals surface area contributed by atoms with Crippen molar-refractivity contribution in [2.45, 2.75) is 31.6 Å². The molecule has 0 aromatic carbocycles. The van der Waals surface area contributed by atoms with Crippen molar-refractivity contribution < 1.29 is 8.42 Å². The number of nitrogens with zero attached hydrogens (tertiary/aromatic N) is 5. The maximum absolute atomic E-state index is 11.6. The van der Waals surface area contributed by atoms with Gasteiger partial charge in [-0.05, 0) is 18.6 Å². The van der Waals surface area contributed by atoms with Crippen LogP contribution in [0.5, 0.6) is 0 Å². The lowest BCUT2D eigenvalue weighted by atomic mass is 10.1. The van der Waals surface area contributed by atoms with Crippen LogP contribution in [-0.4, -0.2) is 40.7 Å². The number of nitriles is 1. The summed E-state index contributed by atoms with van der Waals surface area (Å²) in [5.74, 6) is 0. The van der Waals surface area contributed by atoms with Crippen LogP contribution in [0.25, 0.3) is 0 Å². The van der Waals surface area contributed by atoms with Gasteiger partial charge in [0, 0.05) is 56.8 Å². The average Bonchev–Trinajstić information content (AvgIpc) is 2.81. The largest absolute Gasteiger partial charge is 0.340 e. The quantitative estimate of drug-likeness (QED) is 0.769. The number of aromatic nitrogens is 3. The Balaban J connectivity index is 1.80. The molecule has 3 rings (SSSR count). The van der Waals surface area contributed by atoms with Crippen LogP contribution >= 0.6 is 0 Å². The highest BCUT2D eigenvalue weighted by atomic mass is 32.2. The summed E-state index contributed by atoms with van der Waals surface area (Å²) in [6, 6.07) is 4.12. The van der Waals surface area contributed by atoms with E-state index in [1.54, 1.807) is 6.20 Å². The van der Waals surface area contributed by atoms with Crippen molar-refractivity contribution in [3.8, 4) is 6.07 Å². The van der Waals surface area contributed by atoms with E-state index in [2.05, 4.69) is 20.9 Å². The normalized spacial score (nSPS) is 15.1. The van der Waals surface area contributed by atoms with E-state index in [4.69, 9.17) is 5.26 Å². The highest BCUT2D eigenvalue weighted by molar-refractivity contribution is 7.90. The van der Waals surface area contributed by atoms with Crippen LogP contribution in [0.15, 0.2) is 17.4 Å². The third-order valence-electron chi connectivity index (χ3n) is 4.47. The first-order chi connectivity index (χ1) is 11.3. The van der Waals surface area contributed by atoms with Crippen LogP contribution in [-0.2, 0) is 36.4 Å². The van der Waals surface area contributed by atoms with Crippen molar-refractivity contribution in [2.75, 3.05) is 12.8 Å². The monoisotopic (exact) mass is 345 g/mol. The zero-order valence-electron chi connectivity index (χ0n) is 13.9. The topological polar surface area (TPSA) is 91.9 Å². The smallest absolute Gasteiger partial charge is 0.246 e. The van der Waals surface area contributed by atoms with E-state index in [0.717, 1.165) is 41.9 Å². The Kier molecular flexibility index (Phi) is 4.15. The molecule has 2 aromatic heterocycles. The molecule has 126 valence electrons. The van der Waals surface area contributed by atoms with Gasteiger partial charge >= 0.3 is 0 Å². The van der Waals surface area contributed by atoms with Crippen molar-refractivity contribution >= 4 is 9.84 Å². The Morgan fingerprint density at radius 2 is 2.17 bits per heavy atom. The van der Waals surface area contributed by atoms with Gasteiger partial charge < -0.3 is 4.57 Å². The van der Waals surface area contributed by atoms with Crippen LogP contribution < -0.4 is 0 Å². The van der Waals surface area contributed by atoms with E-state index in [1.165, 1.54) is 0 Å². The lowest BCUT2D eigenvalue weighted by molar-refractivity contribution is 0.241. The van der Waals surface area contributed by atoms with E-state index in [9.17, 15) is 8.42 Å². The second-order valence-electron chi connectivity index (χ2n) is 6.17. The molecule has 0 saturated carbocycles.